The van der Waals surface area contributed by atoms with Crippen LogP contribution in [0.2, 0.25) is 5.02 Å². The Bertz CT molecular complexity index is 984. The summed E-state index contributed by atoms with van der Waals surface area (Å²) in [5.74, 6) is -0.103. The number of methoxy groups -OCH3 is 1. The van der Waals surface area contributed by atoms with Gasteiger partial charge >= 0.3 is 6.18 Å². The van der Waals surface area contributed by atoms with E-state index < -0.39 is 28.9 Å². The molecule has 6 nitrogen and oxygen atoms in total. The Hall–Kier alpha value is -2.94. The van der Waals surface area contributed by atoms with Crippen LogP contribution in [0.1, 0.15) is 25.0 Å². The van der Waals surface area contributed by atoms with Crippen LogP contribution in [-0.4, -0.2) is 24.1 Å². The highest BCUT2D eigenvalue weighted by molar-refractivity contribution is 6.32. The van der Waals surface area contributed by atoms with Crippen molar-refractivity contribution in [3.63, 3.8) is 0 Å². The van der Waals surface area contributed by atoms with Crippen molar-refractivity contribution in [2.24, 2.45) is 0 Å². The third-order valence-corrected chi connectivity index (χ3v) is 3.80. The summed E-state index contributed by atoms with van der Waals surface area (Å²) >= 11 is 6.19. The second-order valence-electron chi connectivity index (χ2n) is 6.15. The second-order valence-corrected chi connectivity index (χ2v) is 6.56. The number of nitrogens with one attached hydrogen (secondary N) is 2. The molecule has 29 heavy (non-hydrogen) atoms. The van der Waals surface area contributed by atoms with Gasteiger partial charge in [0.1, 0.15) is 5.69 Å². The van der Waals surface area contributed by atoms with Gasteiger partial charge in [-0.15, -0.1) is 0 Å². The average Bonchev–Trinajstić information content (AvgIpc) is 2.62. The van der Waals surface area contributed by atoms with Crippen molar-refractivity contribution >= 4 is 29.3 Å². The van der Waals surface area contributed by atoms with E-state index in [9.17, 15) is 22.8 Å². The largest absolute Gasteiger partial charge is 0.493 e. The van der Waals surface area contributed by atoms with Crippen molar-refractivity contribution in [3.05, 3.63) is 57.0 Å². The molecule has 2 N–H and O–H groups in total. The lowest BCUT2D eigenvalue weighted by Crippen LogP contribution is -2.20. The van der Waals surface area contributed by atoms with E-state index in [0.29, 0.717) is 29.3 Å². The molecular weight excluding hydrogens is 413 g/mol. The molecule has 0 bridgehead atoms. The highest BCUT2D eigenvalue weighted by Gasteiger charge is 2.31. The molecule has 0 aliphatic rings. The van der Waals surface area contributed by atoms with Gasteiger partial charge in [-0.3, -0.25) is 9.59 Å². The average molecular weight is 431 g/mol. The molecule has 0 spiro atoms. The summed E-state index contributed by atoms with van der Waals surface area (Å²) < 4.78 is 49.1. The number of aromatic nitrogens is 1. The van der Waals surface area contributed by atoms with Crippen LogP contribution in [0.25, 0.3) is 6.08 Å². The maximum absolute atomic E-state index is 12.7. The van der Waals surface area contributed by atoms with Gasteiger partial charge in [0.25, 0.3) is 5.56 Å². The number of halogens is 4. The fourth-order valence-corrected chi connectivity index (χ4v) is 2.54. The molecule has 0 radical (unpaired) electrons. The zero-order chi connectivity index (χ0) is 21.8. The molecule has 2 aromatic rings. The lowest BCUT2D eigenvalue weighted by atomic mass is 10.1. The van der Waals surface area contributed by atoms with Crippen LogP contribution in [0.4, 0.5) is 18.9 Å². The Labute approximate surface area is 169 Å². The van der Waals surface area contributed by atoms with Crippen LogP contribution >= 0.6 is 11.6 Å². The number of ether oxygens (including phenoxy) is 2. The minimum absolute atomic E-state index is 0.140. The third-order valence-electron chi connectivity index (χ3n) is 3.52. The number of H-pyrrole nitrogens is 1. The number of amides is 1. The van der Waals surface area contributed by atoms with Gasteiger partial charge in [-0.2, -0.15) is 13.2 Å². The van der Waals surface area contributed by atoms with E-state index in [-0.39, 0.29) is 11.1 Å². The summed E-state index contributed by atoms with van der Waals surface area (Å²) in [5, 5.41) is 2.37. The fourth-order valence-electron chi connectivity index (χ4n) is 2.27. The number of aromatic amines is 1. The standard InChI is InChI=1S/C19H18ClF3N2O4/c1-10(2)29-17-13(20)6-11(7-15(17)28-3)4-5-16(26)25-14-8-12(19(21,22)23)9-24-18(14)27/h4-10H,1-3H3,(H,24,27)(H,25,26). The first-order valence-corrected chi connectivity index (χ1v) is 8.72. The van der Waals surface area contributed by atoms with E-state index in [1.165, 1.54) is 19.3 Å². The van der Waals surface area contributed by atoms with Crippen molar-refractivity contribution in [2.75, 3.05) is 12.4 Å². The van der Waals surface area contributed by atoms with Gasteiger partial charge in [0.05, 0.1) is 23.8 Å². The quantitative estimate of drug-likeness (QED) is 0.661. The van der Waals surface area contributed by atoms with E-state index in [0.717, 1.165) is 6.08 Å². The van der Waals surface area contributed by atoms with E-state index in [4.69, 9.17) is 21.1 Å². The molecule has 2 rings (SSSR count). The Balaban J connectivity index is 2.21. The van der Waals surface area contributed by atoms with Gasteiger partial charge in [-0.1, -0.05) is 11.6 Å². The third kappa shape index (κ3) is 6.02. The van der Waals surface area contributed by atoms with E-state index >= 15 is 0 Å². The molecule has 0 saturated carbocycles. The lowest BCUT2D eigenvalue weighted by molar-refractivity contribution is -0.137. The summed E-state index contributed by atoms with van der Waals surface area (Å²) in [6.07, 6.45) is -1.85. The molecule has 0 fully saturated rings. The SMILES string of the molecule is COc1cc(C=CC(=O)Nc2cc(C(F)(F)F)c[nH]c2=O)cc(Cl)c1OC(C)C. The molecule has 0 aliphatic carbocycles. The normalized spacial score (nSPS) is 11.7. The van der Waals surface area contributed by atoms with Crippen LogP contribution in [0.15, 0.2) is 35.3 Å². The summed E-state index contributed by atoms with van der Waals surface area (Å²) in [7, 11) is 1.43. The van der Waals surface area contributed by atoms with Gasteiger partial charge in [0.15, 0.2) is 11.5 Å². The smallest absolute Gasteiger partial charge is 0.417 e. The number of anilines is 1. The number of hydrogen-bond donors (Lipinski definition) is 2. The summed E-state index contributed by atoms with van der Waals surface area (Å²) in [5.41, 5.74) is -1.99. The van der Waals surface area contributed by atoms with Crippen molar-refractivity contribution in [1.82, 2.24) is 4.98 Å². The molecule has 0 unspecified atom stereocenters. The minimum Gasteiger partial charge on any atom is -0.493 e. The van der Waals surface area contributed by atoms with Crippen molar-refractivity contribution < 1.29 is 27.4 Å². The maximum atomic E-state index is 12.7. The number of rotatable bonds is 6. The lowest BCUT2D eigenvalue weighted by Gasteiger charge is -2.15. The number of hydrogen-bond acceptors (Lipinski definition) is 4. The molecule has 10 heteroatoms. The van der Waals surface area contributed by atoms with Crippen molar-refractivity contribution in [3.8, 4) is 11.5 Å². The van der Waals surface area contributed by atoms with Crippen LogP contribution in [-0.2, 0) is 11.0 Å². The van der Waals surface area contributed by atoms with Crippen LogP contribution < -0.4 is 20.3 Å². The Morgan fingerprint density at radius 2 is 1.97 bits per heavy atom. The number of pyridine rings is 1. The number of carbonyl (C=O) groups excluding carboxylic acids is 1. The molecule has 1 aromatic carbocycles. The molecular formula is C19H18ClF3N2O4. The zero-order valence-corrected chi connectivity index (χ0v) is 16.4. The summed E-state index contributed by atoms with van der Waals surface area (Å²) in [6, 6.07) is 3.66. The molecule has 0 atom stereocenters. The summed E-state index contributed by atoms with van der Waals surface area (Å²) in [6.45, 7) is 3.65. The van der Waals surface area contributed by atoms with E-state index in [2.05, 4.69) is 5.32 Å². The van der Waals surface area contributed by atoms with Gasteiger partial charge in [-0.25, -0.2) is 0 Å². The fraction of sp³-hybridized carbons (Fsp3) is 0.263. The van der Waals surface area contributed by atoms with Gasteiger partial charge in [0.2, 0.25) is 5.91 Å². The Kier molecular flexibility index (Phi) is 6.97. The van der Waals surface area contributed by atoms with Gasteiger partial charge in [-0.05, 0) is 43.7 Å². The topological polar surface area (TPSA) is 80.4 Å². The monoisotopic (exact) mass is 430 g/mol. The molecule has 0 saturated heterocycles. The molecule has 156 valence electrons. The molecule has 0 aliphatic heterocycles. The van der Waals surface area contributed by atoms with Gasteiger partial charge < -0.3 is 19.8 Å². The minimum atomic E-state index is -4.66. The number of benzene rings is 1. The second kappa shape index (κ2) is 9.04. The summed E-state index contributed by atoms with van der Waals surface area (Å²) in [4.78, 5) is 25.6. The van der Waals surface area contributed by atoms with E-state index in [1.54, 1.807) is 6.07 Å². The van der Waals surface area contributed by atoms with E-state index in [1.807, 2.05) is 18.8 Å². The number of carbonyl (C=O) groups is 1. The molecule has 1 heterocycles. The first-order chi connectivity index (χ1) is 13.5. The van der Waals surface area contributed by atoms with Crippen LogP contribution in [0.3, 0.4) is 0 Å². The predicted octanol–water partition coefficient (Wildman–Crippen LogP) is 4.49. The highest BCUT2D eigenvalue weighted by atomic mass is 35.5. The van der Waals surface area contributed by atoms with Crippen molar-refractivity contribution in [1.29, 1.82) is 0 Å². The van der Waals surface area contributed by atoms with Crippen LogP contribution in [0.5, 0.6) is 11.5 Å². The van der Waals surface area contributed by atoms with Crippen molar-refractivity contribution in [2.45, 2.75) is 26.1 Å². The molecule has 1 aromatic heterocycles. The predicted molar refractivity (Wildman–Crippen MR) is 103 cm³/mol. The Morgan fingerprint density at radius 1 is 1.28 bits per heavy atom. The first kappa shape index (κ1) is 22.4. The highest BCUT2D eigenvalue weighted by Crippen LogP contribution is 2.37. The molecule has 1 amide bonds. The van der Waals surface area contributed by atoms with Crippen LogP contribution in [0, 0.1) is 0 Å². The maximum Gasteiger partial charge on any atom is 0.417 e. The first-order valence-electron chi connectivity index (χ1n) is 8.34. The zero-order valence-electron chi connectivity index (χ0n) is 15.7. The number of alkyl halides is 3. The Morgan fingerprint density at radius 3 is 2.55 bits per heavy atom. The van der Waals surface area contributed by atoms with Gasteiger partial charge in [0, 0.05) is 12.3 Å².